The Morgan fingerprint density at radius 1 is 1.31 bits per heavy atom. The molecule has 3 rings (SSSR count). The number of nitrogens with zero attached hydrogens (tertiary/aromatic N) is 4. The molecule has 0 atom stereocenters. The Bertz CT molecular complexity index is 1060. The predicted molar refractivity (Wildman–Crippen MR) is 89.8 cm³/mol. The molecule has 3 aromatic rings. The fourth-order valence-corrected chi connectivity index (χ4v) is 3.75. The lowest BCUT2D eigenvalue weighted by Gasteiger charge is -2.04. The number of Topliss-reactive ketones (excluding diaryl/α,β-unsaturated/α-hetero) is 1. The average molecular weight is 384 g/mol. The Hall–Kier alpha value is -2.49. The Morgan fingerprint density at radius 2 is 2.00 bits per heavy atom. The van der Waals surface area contributed by atoms with E-state index >= 15 is 0 Å². The zero-order chi connectivity index (χ0) is 19.2. The molecule has 0 aromatic carbocycles. The number of rotatable bonds is 4. The highest BCUT2D eigenvalue weighted by Gasteiger charge is 2.34. The number of carbonyl (C=O) groups is 1. The Labute approximate surface area is 149 Å². The van der Waals surface area contributed by atoms with Gasteiger partial charge in [-0.25, -0.2) is 9.38 Å². The molecule has 3 heterocycles. The Kier molecular flexibility index (Phi) is 4.47. The van der Waals surface area contributed by atoms with Crippen LogP contribution in [0.4, 0.5) is 13.2 Å². The van der Waals surface area contributed by atoms with E-state index in [4.69, 9.17) is 0 Å². The first-order valence-electron chi connectivity index (χ1n) is 7.78. The maximum Gasteiger partial charge on any atom is 0.419 e. The van der Waals surface area contributed by atoms with Crippen LogP contribution in [0.5, 0.6) is 0 Å². The molecule has 0 fully saturated rings. The minimum Gasteiger partial charge on any atom is -0.292 e. The number of halogens is 3. The van der Waals surface area contributed by atoms with Crippen molar-refractivity contribution in [3.63, 3.8) is 0 Å². The second-order valence-corrected chi connectivity index (χ2v) is 6.99. The van der Waals surface area contributed by atoms with Gasteiger partial charge in [-0.05, 0) is 13.8 Å². The van der Waals surface area contributed by atoms with E-state index in [9.17, 15) is 22.8 Å². The van der Waals surface area contributed by atoms with Crippen molar-refractivity contribution < 1.29 is 18.0 Å². The molecule has 0 unspecified atom stereocenters. The molecule has 0 N–H and O–H groups in total. The summed E-state index contributed by atoms with van der Waals surface area (Å²) in [6.45, 7) is 4.64. The molecule has 0 bridgehead atoms. The second kappa shape index (κ2) is 6.35. The van der Waals surface area contributed by atoms with Crippen molar-refractivity contribution in [1.82, 2.24) is 19.2 Å². The van der Waals surface area contributed by atoms with Crippen molar-refractivity contribution in [1.29, 1.82) is 0 Å². The Balaban J connectivity index is 2.03. The number of hydrogen-bond donors (Lipinski definition) is 0. The molecule has 138 valence electrons. The van der Waals surface area contributed by atoms with Gasteiger partial charge in [0.2, 0.25) is 0 Å². The number of aryl methyl sites for hydroxylation is 2. The van der Waals surface area contributed by atoms with Crippen LogP contribution in [-0.2, 0) is 12.7 Å². The molecule has 0 amide bonds. The third-order valence-electron chi connectivity index (χ3n) is 3.90. The van der Waals surface area contributed by atoms with Gasteiger partial charge in [-0.15, -0.1) is 11.3 Å². The van der Waals surface area contributed by atoms with Crippen LogP contribution in [-0.4, -0.2) is 24.9 Å². The van der Waals surface area contributed by atoms with Gasteiger partial charge in [0, 0.05) is 23.6 Å². The van der Waals surface area contributed by atoms with Crippen LogP contribution in [0.25, 0.3) is 4.96 Å². The minimum atomic E-state index is -4.49. The zero-order valence-corrected chi connectivity index (χ0v) is 15.0. The van der Waals surface area contributed by atoms with Gasteiger partial charge >= 0.3 is 6.18 Å². The molecule has 26 heavy (non-hydrogen) atoms. The van der Waals surface area contributed by atoms with Crippen molar-refractivity contribution in [2.45, 2.75) is 39.9 Å². The minimum absolute atomic E-state index is 0.0728. The quantitative estimate of drug-likeness (QED) is 0.648. The predicted octanol–water partition coefficient (Wildman–Crippen LogP) is 3.23. The first-order valence-corrected chi connectivity index (χ1v) is 8.60. The van der Waals surface area contributed by atoms with E-state index in [2.05, 4.69) is 10.1 Å². The molecule has 0 saturated carbocycles. The fraction of sp³-hybridized carbons (Fsp3) is 0.375. The van der Waals surface area contributed by atoms with Crippen molar-refractivity contribution in [2.75, 3.05) is 0 Å². The maximum atomic E-state index is 12.9. The summed E-state index contributed by atoms with van der Waals surface area (Å²) in [7, 11) is 0. The van der Waals surface area contributed by atoms with Crippen molar-refractivity contribution in [2.24, 2.45) is 0 Å². The van der Waals surface area contributed by atoms with Gasteiger partial charge in [-0.1, -0.05) is 6.92 Å². The first kappa shape index (κ1) is 18.3. The summed E-state index contributed by atoms with van der Waals surface area (Å²) in [4.78, 5) is 29.8. The van der Waals surface area contributed by atoms with E-state index in [0.29, 0.717) is 15.5 Å². The van der Waals surface area contributed by atoms with Crippen LogP contribution in [0.3, 0.4) is 0 Å². The SMILES string of the molecule is CCC(=O)c1c(C)sc2nc(Cn3cc(C(F)(F)F)c(C)n3)cc(=O)n12. The van der Waals surface area contributed by atoms with Gasteiger partial charge in [0.15, 0.2) is 10.7 Å². The van der Waals surface area contributed by atoms with Gasteiger partial charge in [0.05, 0.1) is 23.5 Å². The summed E-state index contributed by atoms with van der Waals surface area (Å²) in [6, 6.07) is 1.22. The summed E-state index contributed by atoms with van der Waals surface area (Å²) in [5.74, 6) is -0.164. The summed E-state index contributed by atoms with van der Waals surface area (Å²) in [6.07, 6.45) is -3.34. The standard InChI is InChI=1S/C16H15F3N4O2S/c1-4-12(24)14-9(3)26-15-20-10(5-13(25)23(14)15)6-22-7-11(8(2)21-22)16(17,18)19/h5,7H,4,6H2,1-3H3. The topological polar surface area (TPSA) is 69.3 Å². The normalized spacial score (nSPS) is 12.1. The third kappa shape index (κ3) is 3.16. The first-order chi connectivity index (χ1) is 12.1. The molecule has 0 saturated heterocycles. The van der Waals surface area contributed by atoms with Crippen LogP contribution in [0.15, 0.2) is 17.1 Å². The highest BCUT2D eigenvalue weighted by atomic mass is 32.1. The smallest absolute Gasteiger partial charge is 0.292 e. The molecule has 3 aromatic heterocycles. The van der Waals surface area contributed by atoms with E-state index in [1.807, 2.05) is 0 Å². The molecule has 0 aliphatic heterocycles. The number of fused-ring (bicyclic) bond motifs is 1. The molecule has 0 aliphatic rings. The van der Waals surface area contributed by atoms with Gasteiger partial charge in [0.25, 0.3) is 5.56 Å². The molecule has 0 radical (unpaired) electrons. The van der Waals surface area contributed by atoms with Crippen LogP contribution < -0.4 is 5.56 Å². The van der Waals surface area contributed by atoms with Gasteiger partial charge in [0.1, 0.15) is 5.69 Å². The zero-order valence-electron chi connectivity index (χ0n) is 14.2. The van der Waals surface area contributed by atoms with Crippen molar-refractivity contribution in [3.05, 3.63) is 50.1 Å². The molecule has 10 heteroatoms. The van der Waals surface area contributed by atoms with Crippen LogP contribution in [0.2, 0.25) is 0 Å². The summed E-state index contributed by atoms with van der Waals surface area (Å²) < 4.78 is 41.0. The van der Waals surface area contributed by atoms with E-state index in [1.165, 1.54) is 28.7 Å². The number of aromatic nitrogens is 4. The van der Waals surface area contributed by atoms with E-state index in [1.54, 1.807) is 13.8 Å². The number of thiazole rings is 1. The van der Waals surface area contributed by atoms with Crippen LogP contribution in [0.1, 0.15) is 45.7 Å². The van der Waals surface area contributed by atoms with Crippen LogP contribution in [0, 0.1) is 13.8 Å². The number of alkyl halides is 3. The molecule has 6 nitrogen and oxygen atoms in total. The molecular weight excluding hydrogens is 369 g/mol. The van der Waals surface area contributed by atoms with Gasteiger partial charge in [-0.3, -0.25) is 14.3 Å². The lowest BCUT2D eigenvalue weighted by Crippen LogP contribution is -2.20. The maximum absolute atomic E-state index is 12.9. The summed E-state index contributed by atoms with van der Waals surface area (Å²) in [5.41, 5.74) is -0.809. The van der Waals surface area contributed by atoms with Crippen molar-refractivity contribution in [3.8, 4) is 0 Å². The third-order valence-corrected chi connectivity index (χ3v) is 4.86. The highest BCUT2D eigenvalue weighted by molar-refractivity contribution is 7.17. The van der Waals surface area contributed by atoms with Crippen molar-refractivity contribution >= 4 is 22.1 Å². The lowest BCUT2D eigenvalue weighted by atomic mass is 10.2. The molecule has 0 aliphatic carbocycles. The summed E-state index contributed by atoms with van der Waals surface area (Å²) in [5, 5.41) is 3.84. The monoisotopic (exact) mass is 384 g/mol. The Morgan fingerprint density at radius 3 is 2.58 bits per heavy atom. The summed E-state index contributed by atoms with van der Waals surface area (Å²) >= 11 is 1.20. The number of ketones is 1. The average Bonchev–Trinajstić information content (AvgIpc) is 3.06. The second-order valence-electron chi connectivity index (χ2n) is 5.81. The fourth-order valence-electron chi connectivity index (χ4n) is 2.74. The molecular formula is C16H15F3N4O2S. The number of carbonyl (C=O) groups excluding carboxylic acids is 1. The van der Waals surface area contributed by atoms with Gasteiger partial charge < -0.3 is 0 Å². The lowest BCUT2D eigenvalue weighted by molar-refractivity contribution is -0.138. The largest absolute Gasteiger partial charge is 0.419 e. The van der Waals surface area contributed by atoms with E-state index < -0.39 is 17.3 Å². The van der Waals surface area contributed by atoms with Crippen LogP contribution >= 0.6 is 11.3 Å². The van der Waals surface area contributed by atoms with E-state index in [0.717, 1.165) is 10.9 Å². The highest BCUT2D eigenvalue weighted by Crippen LogP contribution is 2.31. The van der Waals surface area contributed by atoms with E-state index in [-0.39, 0.29) is 30.1 Å². The van der Waals surface area contributed by atoms with Gasteiger partial charge in [-0.2, -0.15) is 18.3 Å². The molecule has 0 spiro atoms. The number of hydrogen-bond acceptors (Lipinski definition) is 5.